The minimum Gasteiger partial charge on any atom is -0.396 e. The molecule has 1 saturated carbocycles. The van der Waals surface area contributed by atoms with Crippen molar-refractivity contribution in [3.8, 4) is 0 Å². The number of hydrogen-bond donors (Lipinski definition) is 3. The molecule has 1 aliphatic rings. The molecule has 1 aromatic heterocycles. The Kier molecular flexibility index (Phi) is 5.16. The molecule has 6 nitrogen and oxygen atoms in total. The molecule has 0 aliphatic heterocycles. The van der Waals surface area contributed by atoms with Gasteiger partial charge < -0.3 is 10.4 Å². The minimum absolute atomic E-state index is 0.0588. The first-order valence-corrected chi connectivity index (χ1v) is 8.22. The summed E-state index contributed by atoms with van der Waals surface area (Å²) < 4.78 is 0. The van der Waals surface area contributed by atoms with Crippen LogP contribution in [-0.2, 0) is 5.41 Å². The Balaban J connectivity index is 1.81. The van der Waals surface area contributed by atoms with E-state index in [-0.39, 0.29) is 24.1 Å². The Morgan fingerprint density at radius 1 is 1.29 bits per heavy atom. The normalized spacial score (nSPS) is 22.9. The first kappa shape index (κ1) is 16.2. The lowest BCUT2D eigenvalue weighted by Gasteiger charge is -2.27. The Morgan fingerprint density at radius 2 is 1.95 bits per heavy atom. The van der Waals surface area contributed by atoms with Crippen molar-refractivity contribution in [2.45, 2.75) is 57.9 Å². The summed E-state index contributed by atoms with van der Waals surface area (Å²) in [6, 6.07) is -0.0399. The Labute approximate surface area is 129 Å². The van der Waals surface area contributed by atoms with Crippen molar-refractivity contribution in [2.24, 2.45) is 5.92 Å². The summed E-state index contributed by atoms with van der Waals surface area (Å²) in [7, 11) is 0. The highest BCUT2D eigenvalue weighted by Crippen LogP contribution is 2.28. The number of rotatable bonds is 3. The Morgan fingerprint density at radius 3 is 2.48 bits per heavy atom. The molecule has 1 fully saturated rings. The van der Waals surface area contributed by atoms with Gasteiger partial charge in [-0.3, -0.25) is 5.32 Å². The SMILES string of the molecule is CC(C)(C)c1nnc(NC(=O)NC2CCC(CO)CC2)s1. The van der Waals surface area contributed by atoms with E-state index in [4.69, 9.17) is 5.11 Å². The molecule has 2 amide bonds. The second-order valence-corrected chi connectivity index (χ2v) is 7.64. The van der Waals surface area contributed by atoms with Gasteiger partial charge in [-0.2, -0.15) is 0 Å². The summed E-state index contributed by atoms with van der Waals surface area (Å²) >= 11 is 1.41. The molecule has 0 bridgehead atoms. The molecular formula is C14H24N4O2S. The van der Waals surface area contributed by atoms with Crippen molar-refractivity contribution in [1.29, 1.82) is 0 Å². The number of anilines is 1. The molecule has 118 valence electrons. The number of nitrogens with one attached hydrogen (secondary N) is 2. The monoisotopic (exact) mass is 312 g/mol. The maximum Gasteiger partial charge on any atom is 0.321 e. The van der Waals surface area contributed by atoms with Gasteiger partial charge in [-0.25, -0.2) is 4.79 Å². The van der Waals surface area contributed by atoms with Crippen LogP contribution in [-0.4, -0.2) is 34.0 Å². The summed E-state index contributed by atoms with van der Waals surface area (Å²) in [5.74, 6) is 0.392. The first-order valence-electron chi connectivity index (χ1n) is 7.41. The predicted molar refractivity (Wildman–Crippen MR) is 83.6 cm³/mol. The molecule has 2 rings (SSSR count). The molecule has 1 heterocycles. The number of aliphatic hydroxyl groups is 1. The van der Waals surface area contributed by atoms with E-state index in [1.807, 2.05) is 0 Å². The van der Waals surface area contributed by atoms with Crippen LogP contribution < -0.4 is 10.6 Å². The summed E-state index contributed by atoms with van der Waals surface area (Å²) in [4.78, 5) is 12.0. The molecule has 7 heteroatoms. The molecule has 0 atom stereocenters. The molecule has 0 saturated heterocycles. The van der Waals surface area contributed by atoms with Crippen molar-refractivity contribution >= 4 is 22.5 Å². The molecule has 1 aromatic rings. The van der Waals surface area contributed by atoms with Gasteiger partial charge in [0.1, 0.15) is 5.01 Å². The second-order valence-electron chi connectivity index (χ2n) is 6.66. The summed E-state index contributed by atoms with van der Waals surface area (Å²) in [6.07, 6.45) is 3.77. The highest BCUT2D eigenvalue weighted by molar-refractivity contribution is 7.15. The number of hydrogen-bond acceptors (Lipinski definition) is 5. The summed E-state index contributed by atoms with van der Waals surface area (Å²) in [5.41, 5.74) is -0.0588. The lowest BCUT2D eigenvalue weighted by atomic mass is 9.87. The fourth-order valence-corrected chi connectivity index (χ4v) is 3.18. The third-order valence-corrected chi connectivity index (χ3v) is 4.99. The van der Waals surface area contributed by atoms with Gasteiger partial charge in [0, 0.05) is 18.1 Å². The predicted octanol–water partition coefficient (Wildman–Crippen LogP) is 2.51. The van der Waals surface area contributed by atoms with Gasteiger partial charge in [-0.05, 0) is 31.6 Å². The molecule has 3 N–H and O–H groups in total. The summed E-state index contributed by atoms with van der Waals surface area (Å²) in [5, 5.41) is 24.4. The van der Waals surface area contributed by atoms with E-state index in [0.717, 1.165) is 30.7 Å². The zero-order valence-corrected chi connectivity index (χ0v) is 13.7. The van der Waals surface area contributed by atoms with E-state index < -0.39 is 0 Å². The van der Waals surface area contributed by atoms with Gasteiger partial charge in [0.05, 0.1) is 0 Å². The van der Waals surface area contributed by atoms with E-state index in [0.29, 0.717) is 11.0 Å². The quantitative estimate of drug-likeness (QED) is 0.800. The molecule has 1 aliphatic carbocycles. The van der Waals surface area contributed by atoms with Crippen LogP contribution in [0.25, 0.3) is 0 Å². The van der Waals surface area contributed by atoms with Gasteiger partial charge >= 0.3 is 6.03 Å². The van der Waals surface area contributed by atoms with Crippen LogP contribution in [0.5, 0.6) is 0 Å². The number of nitrogens with zero attached hydrogens (tertiary/aromatic N) is 2. The minimum atomic E-state index is -0.223. The molecule has 0 unspecified atom stereocenters. The van der Waals surface area contributed by atoms with Crippen molar-refractivity contribution in [3.05, 3.63) is 5.01 Å². The van der Waals surface area contributed by atoms with E-state index in [9.17, 15) is 4.79 Å². The largest absolute Gasteiger partial charge is 0.396 e. The molecule has 0 radical (unpaired) electrons. The number of carbonyl (C=O) groups excluding carboxylic acids is 1. The van der Waals surface area contributed by atoms with Crippen molar-refractivity contribution in [3.63, 3.8) is 0 Å². The van der Waals surface area contributed by atoms with Gasteiger partial charge in [0.2, 0.25) is 5.13 Å². The van der Waals surface area contributed by atoms with Crippen LogP contribution in [0, 0.1) is 5.92 Å². The zero-order valence-electron chi connectivity index (χ0n) is 12.8. The van der Waals surface area contributed by atoms with Crippen molar-refractivity contribution < 1.29 is 9.90 Å². The van der Waals surface area contributed by atoms with Crippen LogP contribution in [0.1, 0.15) is 51.5 Å². The molecule has 0 spiro atoms. The van der Waals surface area contributed by atoms with Crippen LogP contribution >= 0.6 is 11.3 Å². The smallest absolute Gasteiger partial charge is 0.321 e. The first-order chi connectivity index (χ1) is 9.88. The highest BCUT2D eigenvalue weighted by Gasteiger charge is 2.23. The molecule has 0 aromatic carbocycles. The third-order valence-electron chi connectivity index (χ3n) is 3.73. The number of urea groups is 1. The summed E-state index contributed by atoms with van der Waals surface area (Å²) in [6.45, 7) is 6.45. The lowest BCUT2D eigenvalue weighted by Crippen LogP contribution is -2.40. The molecule has 21 heavy (non-hydrogen) atoms. The second kappa shape index (κ2) is 6.70. The van der Waals surface area contributed by atoms with Crippen molar-refractivity contribution in [2.75, 3.05) is 11.9 Å². The van der Waals surface area contributed by atoms with Crippen LogP contribution in [0.15, 0.2) is 0 Å². The fourth-order valence-electron chi connectivity index (χ4n) is 2.38. The van der Waals surface area contributed by atoms with E-state index >= 15 is 0 Å². The van der Waals surface area contributed by atoms with Gasteiger partial charge in [-0.15, -0.1) is 10.2 Å². The van der Waals surface area contributed by atoms with Crippen LogP contribution in [0.3, 0.4) is 0 Å². The topological polar surface area (TPSA) is 87.1 Å². The van der Waals surface area contributed by atoms with E-state index in [2.05, 4.69) is 41.6 Å². The third kappa shape index (κ3) is 4.64. The number of carbonyl (C=O) groups is 1. The average Bonchev–Trinajstić information content (AvgIpc) is 2.88. The average molecular weight is 312 g/mol. The van der Waals surface area contributed by atoms with E-state index in [1.54, 1.807) is 0 Å². The zero-order chi connectivity index (χ0) is 15.5. The number of amides is 2. The van der Waals surface area contributed by atoms with E-state index in [1.165, 1.54) is 11.3 Å². The van der Waals surface area contributed by atoms with Gasteiger partial charge in [0.25, 0.3) is 0 Å². The fraction of sp³-hybridized carbons (Fsp3) is 0.786. The van der Waals surface area contributed by atoms with Gasteiger partial charge in [-0.1, -0.05) is 32.1 Å². The Bertz CT molecular complexity index is 476. The van der Waals surface area contributed by atoms with Crippen LogP contribution in [0.2, 0.25) is 0 Å². The van der Waals surface area contributed by atoms with Crippen LogP contribution in [0.4, 0.5) is 9.93 Å². The maximum atomic E-state index is 12.0. The molecular weight excluding hydrogens is 288 g/mol. The van der Waals surface area contributed by atoms with Crippen molar-refractivity contribution in [1.82, 2.24) is 15.5 Å². The number of aliphatic hydroxyl groups excluding tert-OH is 1. The van der Waals surface area contributed by atoms with Gasteiger partial charge in [0.15, 0.2) is 0 Å². The Hall–Kier alpha value is -1.21. The highest BCUT2D eigenvalue weighted by atomic mass is 32.1. The lowest BCUT2D eigenvalue weighted by molar-refractivity contribution is 0.176. The number of aromatic nitrogens is 2. The maximum absolute atomic E-state index is 12.0. The standard InChI is InChI=1S/C14H24N4O2S/c1-14(2,3)11-17-18-13(21-11)16-12(20)15-10-6-4-9(8-19)5-7-10/h9-10,19H,4-8H2,1-3H3,(H2,15,16,18,20).